The summed E-state index contributed by atoms with van der Waals surface area (Å²) < 4.78 is 41.0. The second kappa shape index (κ2) is 7.56. The summed E-state index contributed by atoms with van der Waals surface area (Å²) in [5.74, 6) is 0. The highest BCUT2D eigenvalue weighted by Gasteiger charge is 2.28. The molecule has 10 heteroatoms. The van der Waals surface area contributed by atoms with E-state index < -0.39 is 17.9 Å². The SMILES string of the molecule is Cc1cc(-c2ccc([N+](=O)[O-])c(NCCOC(F)(F)F)c2)cn(C)c1=O. The van der Waals surface area contributed by atoms with Gasteiger partial charge in [0.2, 0.25) is 0 Å². The van der Waals surface area contributed by atoms with Crippen LogP contribution in [0.2, 0.25) is 0 Å². The fraction of sp³-hybridized carbons (Fsp3) is 0.312. The van der Waals surface area contributed by atoms with Crippen LogP contribution < -0.4 is 10.9 Å². The van der Waals surface area contributed by atoms with E-state index in [-0.39, 0.29) is 23.5 Å². The molecule has 7 nitrogen and oxygen atoms in total. The highest BCUT2D eigenvalue weighted by molar-refractivity contribution is 5.74. The summed E-state index contributed by atoms with van der Waals surface area (Å²) in [6.07, 6.45) is -3.19. The van der Waals surface area contributed by atoms with Crippen LogP contribution in [-0.2, 0) is 11.8 Å². The molecule has 26 heavy (non-hydrogen) atoms. The van der Waals surface area contributed by atoms with Gasteiger partial charge in [-0.1, -0.05) is 0 Å². The minimum Gasteiger partial charge on any atom is -0.377 e. The molecule has 1 heterocycles. The first kappa shape index (κ1) is 19.4. The molecule has 1 aromatic carbocycles. The molecule has 1 N–H and O–H groups in total. The molecule has 1 aromatic heterocycles. The molecule has 0 aliphatic rings. The van der Waals surface area contributed by atoms with Crippen molar-refractivity contribution in [1.29, 1.82) is 0 Å². The van der Waals surface area contributed by atoms with E-state index in [2.05, 4.69) is 10.1 Å². The molecule has 140 valence electrons. The maximum absolute atomic E-state index is 12.0. The van der Waals surface area contributed by atoms with Crippen molar-refractivity contribution in [3.63, 3.8) is 0 Å². The Kier molecular flexibility index (Phi) is 5.66. The summed E-state index contributed by atoms with van der Waals surface area (Å²) in [6, 6.07) is 5.85. The second-order valence-electron chi connectivity index (χ2n) is 5.54. The number of alkyl halides is 3. The van der Waals surface area contributed by atoms with Crippen LogP contribution in [0.5, 0.6) is 0 Å². The third-order valence-electron chi connectivity index (χ3n) is 3.57. The topological polar surface area (TPSA) is 86.4 Å². The van der Waals surface area contributed by atoms with E-state index in [0.29, 0.717) is 16.7 Å². The van der Waals surface area contributed by atoms with Gasteiger partial charge in [0.25, 0.3) is 11.2 Å². The Morgan fingerprint density at radius 1 is 1.27 bits per heavy atom. The number of nitrogens with one attached hydrogen (secondary N) is 1. The normalized spacial score (nSPS) is 11.4. The highest BCUT2D eigenvalue weighted by atomic mass is 19.4. The summed E-state index contributed by atoms with van der Waals surface area (Å²) in [6.45, 7) is 0.685. The van der Waals surface area contributed by atoms with E-state index in [1.54, 1.807) is 26.2 Å². The summed E-state index contributed by atoms with van der Waals surface area (Å²) in [4.78, 5) is 22.3. The van der Waals surface area contributed by atoms with Crippen molar-refractivity contribution in [3.05, 3.63) is 56.5 Å². The number of pyridine rings is 1. The lowest BCUT2D eigenvalue weighted by molar-refractivity contribution is -0.384. The number of anilines is 1. The summed E-state index contributed by atoms with van der Waals surface area (Å²) >= 11 is 0. The molecule has 0 aliphatic carbocycles. The van der Waals surface area contributed by atoms with Crippen LogP contribution >= 0.6 is 0 Å². The molecule has 0 amide bonds. The van der Waals surface area contributed by atoms with Gasteiger partial charge in [-0.3, -0.25) is 19.6 Å². The number of rotatable bonds is 6. The molecule has 0 saturated heterocycles. The lowest BCUT2D eigenvalue weighted by Crippen LogP contribution is -2.19. The molecule has 0 aliphatic heterocycles. The number of hydrogen-bond acceptors (Lipinski definition) is 5. The predicted octanol–water partition coefficient (Wildman–Crippen LogP) is 3.22. The van der Waals surface area contributed by atoms with Gasteiger partial charge in [0, 0.05) is 31.4 Å². The first-order valence-electron chi connectivity index (χ1n) is 7.49. The van der Waals surface area contributed by atoms with Gasteiger partial charge in [-0.05, 0) is 36.2 Å². The Morgan fingerprint density at radius 2 is 1.96 bits per heavy atom. The number of nitro benzene ring substituents is 1. The molecule has 0 saturated carbocycles. The van der Waals surface area contributed by atoms with Gasteiger partial charge in [-0.2, -0.15) is 0 Å². The first-order valence-corrected chi connectivity index (χ1v) is 7.49. The standard InChI is InChI=1S/C16H16F3N3O4/c1-10-7-12(9-21(2)15(10)23)11-3-4-14(22(24)25)13(8-11)20-5-6-26-16(17,18)19/h3-4,7-9,20H,5-6H2,1-2H3. The molecule has 0 radical (unpaired) electrons. The van der Waals surface area contributed by atoms with Crippen LogP contribution in [0.4, 0.5) is 24.5 Å². The van der Waals surface area contributed by atoms with Crippen LogP contribution in [0, 0.1) is 17.0 Å². The smallest absolute Gasteiger partial charge is 0.377 e. The molecule has 0 atom stereocenters. The lowest BCUT2D eigenvalue weighted by atomic mass is 10.0. The maximum atomic E-state index is 12.0. The first-order chi connectivity index (χ1) is 12.1. The second-order valence-corrected chi connectivity index (χ2v) is 5.54. The van der Waals surface area contributed by atoms with Crippen LogP contribution in [0.25, 0.3) is 11.1 Å². The average molecular weight is 371 g/mol. The highest BCUT2D eigenvalue weighted by Crippen LogP contribution is 2.30. The monoisotopic (exact) mass is 371 g/mol. The average Bonchev–Trinajstić information content (AvgIpc) is 2.55. The van der Waals surface area contributed by atoms with E-state index in [1.807, 2.05) is 0 Å². The fourth-order valence-corrected chi connectivity index (χ4v) is 2.40. The van der Waals surface area contributed by atoms with Crippen LogP contribution in [0.15, 0.2) is 35.3 Å². The van der Waals surface area contributed by atoms with E-state index in [4.69, 9.17) is 0 Å². The van der Waals surface area contributed by atoms with Crippen LogP contribution in [-0.4, -0.2) is 29.0 Å². The lowest BCUT2D eigenvalue weighted by Gasteiger charge is -2.12. The summed E-state index contributed by atoms with van der Waals surface area (Å²) in [5, 5.41) is 13.7. The number of nitro groups is 1. The molecule has 2 aromatic rings. The minimum atomic E-state index is -4.76. The number of aryl methyl sites for hydroxylation is 2. The Hall–Kier alpha value is -2.88. The third-order valence-corrected chi connectivity index (χ3v) is 3.57. The van der Waals surface area contributed by atoms with Crippen molar-refractivity contribution >= 4 is 11.4 Å². The van der Waals surface area contributed by atoms with Gasteiger partial charge in [-0.25, -0.2) is 0 Å². The number of nitrogens with zero attached hydrogens (tertiary/aromatic N) is 2. The Bertz CT molecular complexity index is 852. The van der Waals surface area contributed by atoms with Crippen LogP contribution in [0.1, 0.15) is 5.56 Å². The van der Waals surface area contributed by atoms with Crippen molar-refractivity contribution in [1.82, 2.24) is 4.57 Å². The number of aromatic nitrogens is 1. The number of halogens is 3. The van der Waals surface area contributed by atoms with E-state index in [1.165, 1.54) is 22.8 Å². The molecule has 0 spiro atoms. The fourth-order valence-electron chi connectivity index (χ4n) is 2.40. The number of hydrogen-bond donors (Lipinski definition) is 1. The Labute approximate surface area is 146 Å². The van der Waals surface area contributed by atoms with Gasteiger partial charge in [-0.15, -0.1) is 13.2 Å². The maximum Gasteiger partial charge on any atom is 0.522 e. The van der Waals surface area contributed by atoms with Gasteiger partial charge >= 0.3 is 6.36 Å². The molecule has 0 fully saturated rings. The molecular weight excluding hydrogens is 355 g/mol. The van der Waals surface area contributed by atoms with Crippen molar-refractivity contribution in [2.75, 3.05) is 18.5 Å². The van der Waals surface area contributed by atoms with Crippen molar-refractivity contribution < 1.29 is 22.8 Å². The van der Waals surface area contributed by atoms with Crippen molar-refractivity contribution in [2.45, 2.75) is 13.3 Å². The van der Waals surface area contributed by atoms with Gasteiger partial charge in [0.15, 0.2) is 0 Å². The molecule has 0 bridgehead atoms. The third kappa shape index (κ3) is 4.82. The minimum absolute atomic E-state index is 0.0600. The number of benzene rings is 1. The molecular formula is C16H16F3N3O4. The van der Waals surface area contributed by atoms with Gasteiger partial charge < -0.3 is 9.88 Å². The Balaban J connectivity index is 2.30. The zero-order valence-electron chi connectivity index (χ0n) is 14.0. The van der Waals surface area contributed by atoms with Gasteiger partial charge in [0.05, 0.1) is 11.5 Å². The van der Waals surface area contributed by atoms with E-state index in [0.717, 1.165) is 0 Å². The quantitative estimate of drug-likeness (QED) is 0.479. The Morgan fingerprint density at radius 3 is 2.54 bits per heavy atom. The zero-order chi connectivity index (χ0) is 19.5. The van der Waals surface area contributed by atoms with Gasteiger partial charge in [0.1, 0.15) is 5.69 Å². The van der Waals surface area contributed by atoms with Crippen LogP contribution in [0.3, 0.4) is 0 Å². The molecule has 2 rings (SSSR count). The zero-order valence-corrected chi connectivity index (χ0v) is 14.0. The molecule has 0 unspecified atom stereocenters. The van der Waals surface area contributed by atoms with Crippen molar-refractivity contribution in [2.24, 2.45) is 7.05 Å². The van der Waals surface area contributed by atoms with Crippen molar-refractivity contribution in [3.8, 4) is 11.1 Å². The summed E-state index contributed by atoms with van der Waals surface area (Å²) in [7, 11) is 1.58. The van der Waals surface area contributed by atoms with E-state index >= 15 is 0 Å². The predicted molar refractivity (Wildman–Crippen MR) is 89.0 cm³/mol. The number of ether oxygens (including phenoxy) is 1. The largest absolute Gasteiger partial charge is 0.522 e. The van der Waals surface area contributed by atoms with E-state index in [9.17, 15) is 28.1 Å². The summed E-state index contributed by atoms with van der Waals surface area (Å²) in [5.41, 5.74) is 1.34.